The second kappa shape index (κ2) is 6.21. The molecule has 8 heteroatoms. The van der Waals surface area contributed by atoms with Crippen LogP contribution in [0.15, 0.2) is 22.7 Å². The van der Waals surface area contributed by atoms with E-state index in [2.05, 4.69) is 15.9 Å². The minimum atomic E-state index is -3.39. The zero-order chi connectivity index (χ0) is 14.8. The van der Waals surface area contributed by atoms with Gasteiger partial charge in [-0.2, -0.15) is 4.31 Å². The maximum absolute atomic E-state index is 12.0. The van der Waals surface area contributed by atoms with Gasteiger partial charge < -0.3 is 4.90 Å². The molecule has 0 saturated carbocycles. The van der Waals surface area contributed by atoms with Crippen molar-refractivity contribution >= 4 is 49.1 Å². The highest BCUT2D eigenvalue weighted by Crippen LogP contribution is 2.28. The first kappa shape index (κ1) is 16.4. The van der Waals surface area contributed by atoms with Crippen molar-refractivity contribution in [2.24, 2.45) is 0 Å². The van der Waals surface area contributed by atoms with E-state index >= 15 is 0 Å². The molecule has 0 radical (unpaired) electrons. The fourth-order valence-electron chi connectivity index (χ4n) is 1.30. The fourth-order valence-corrected chi connectivity index (χ4v) is 2.45. The lowest BCUT2D eigenvalue weighted by atomic mass is 10.3. The molecule has 0 atom stereocenters. The van der Waals surface area contributed by atoms with E-state index in [1.54, 1.807) is 25.2 Å². The van der Waals surface area contributed by atoms with Gasteiger partial charge in [-0.05, 0) is 18.2 Å². The number of likely N-dealkylation sites (N-methyl/N-ethyl adjacent to an activating group) is 2. The highest BCUT2D eigenvalue weighted by Gasteiger charge is 2.20. The van der Waals surface area contributed by atoms with Gasteiger partial charge in [0.05, 0.1) is 23.5 Å². The summed E-state index contributed by atoms with van der Waals surface area (Å²) in [6.45, 7) is -0.234. The average molecular weight is 370 g/mol. The number of rotatable bonds is 4. The summed E-state index contributed by atoms with van der Waals surface area (Å²) in [5.41, 5.74) is 0.525. The highest BCUT2D eigenvalue weighted by atomic mass is 79.9. The SMILES string of the molecule is CN(C(=O)CN(C)S(C)(=O)=O)c1ccc(Br)cc1Cl. The molecule has 1 rings (SSSR count). The predicted octanol–water partition coefficient (Wildman–Crippen LogP) is 1.96. The molecule has 0 heterocycles. The first-order valence-corrected chi connectivity index (χ1v) is 8.27. The lowest BCUT2D eigenvalue weighted by molar-refractivity contribution is -0.118. The van der Waals surface area contributed by atoms with Crippen LogP contribution in [-0.4, -0.2) is 45.5 Å². The standard InChI is InChI=1S/C11H14BrClN2O3S/c1-14(19(3,17)18)7-11(16)15(2)10-5-4-8(12)6-9(10)13/h4-6H,7H2,1-3H3. The van der Waals surface area contributed by atoms with E-state index in [1.165, 1.54) is 11.9 Å². The van der Waals surface area contributed by atoms with Crippen LogP contribution < -0.4 is 4.90 Å². The topological polar surface area (TPSA) is 57.7 Å². The molecule has 0 aliphatic heterocycles. The maximum atomic E-state index is 12.0. The number of nitrogens with zero attached hydrogens (tertiary/aromatic N) is 2. The molecule has 0 aliphatic carbocycles. The summed E-state index contributed by atoms with van der Waals surface area (Å²) in [4.78, 5) is 13.3. The van der Waals surface area contributed by atoms with Crippen LogP contribution >= 0.6 is 27.5 Å². The maximum Gasteiger partial charge on any atom is 0.242 e. The Bertz CT molecular complexity index is 592. The number of hydrogen-bond acceptors (Lipinski definition) is 3. The van der Waals surface area contributed by atoms with Crippen LogP contribution in [-0.2, 0) is 14.8 Å². The molecule has 0 unspecified atom stereocenters. The zero-order valence-electron chi connectivity index (χ0n) is 10.7. The van der Waals surface area contributed by atoms with E-state index in [4.69, 9.17) is 11.6 Å². The second-order valence-electron chi connectivity index (χ2n) is 4.07. The molecule has 1 aromatic rings. The molecule has 0 spiro atoms. The molecule has 1 aromatic carbocycles. The summed E-state index contributed by atoms with van der Waals surface area (Å²) >= 11 is 9.31. The second-order valence-corrected chi connectivity index (χ2v) is 7.48. The van der Waals surface area contributed by atoms with Crippen molar-refractivity contribution in [2.75, 3.05) is 31.8 Å². The Morgan fingerprint density at radius 1 is 1.37 bits per heavy atom. The van der Waals surface area contributed by atoms with Gasteiger partial charge in [0, 0.05) is 18.6 Å². The highest BCUT2D eigenvalue weighted by molar-refractivity contribution is 9.10. The van der Waals surface area contributed by atoms with Crippen molar-refractivity contribution in [1.29, 1.82) is 0 Å². The van der Waals surface area contributed by atoms with Crippen LogP contribution in [0.2, 0.25) is 5.02 Å². The van der Waals surface area contributed by atoms with Gasteiger partial charge in [0.25, 0.3) is 0 Å². The summed E-state index contributed by atoms with van der Waals surface area (Å²) in [5.74, 6) is -0.364. The van der Waals surface area contributed by atoms with Crippen molar-refractivity contribution in [3.8, 4) is 0 Å². The van der Waals surface area contributed by atoms with E-state index in [0.29, 0.717) is 10.7 Å². The number of hydrogen-bond donors (Lipinski definition) is 0. The van der Waals surface area contributed by atoms with E-state index in [9.17, 15) is 13.2 Å². The minimum absolute atomic E-state index is 0.234. The third-order valence-electron chi connectivity index (χ3n) is 2.57. The van der Waals surface area contributed by atoms with Gasteiger partial charge in [-0.3, -0.25) is 4.79 Å². The number of anilines is 1. The summed E-state index contributed by atoms with van der Waals surface area (Å²) in [5, 5.41) is 0.409. The van der Waals surface area contributed by atoms with E-state index in [1.807, 2.05) is 0 Å². The summed E-state index contributed by atoms with van der Waals surface area (Å²) in [6.07, 6.45) is 1.05. The number of carbonyl (C=O) groups is 1. The molecule has 1 amide bonds. The molecule has 0 N–H and O–H groups in total. The van der Waals surface area contributed by atoms with Crippen molar-refractivity contribution in [1.82, 2.24) is 4.31 Å². The zero-order valence-corrected chi connectivity index (χ0v) is 13.9. The Labute approximate surface area is 126 Å². The van der Waals surface area contributed by atoms with Crippen molar-refractivity contribution in [3.05, 3.63) is 27.7 Å². The average Bonchev–Trinajstić information content (AvgIpc) is 2.26. The number of halogens is 2. The van der Waals surface area contributed by atoms with Gasteiger partial charge in [0.1, 0.15) is 0 Å². The number of carbonyl (C=O) groups excluding carboxylic acids is 1. The lowest BCUT2D eigenvalue weighted by Gasteiger charge is -2.21. The van der Waals surface area contributed by atoms with E-state index < -0.39 is 10.0 Å². The largest absolute Gasteiger partial charge is 0.313 e. The Morgan fingerprint density at radius 2 is 1.95 bits per heavy atom. The van der Waals surface area contributed by atoms with Crippen LogP contribution in [0.3, 0.4) is 0 Å². The van der Waals surface area contributed by atoms with Crippen LogP contribution in [0.5, 0.6) is 0 Å². The Hall–Kier alpha value is -0.630. The third-order valence-corrected chi connectivity index (χ3v) is 4.63. The number of benzene rings is 1. The third kappa shape index (κ3) is 4.45. The first-order chi connectivity index (χ1) is 8.62. The summed E-state index contributed by atoms with van der Waals surface area (Å²) in [7, 11) is -0.484. The quantitative estimate of drug-likeness (QED) is 0.815. The van der Waals surface area contributed by atoms with Crippen molar-refractivity contribution < 1.29 is 13.2 Å². The summed E-state index contributed by atoms with van der Waals surface area (Å²) in [6, 6.07) is 5.11. The van der Waals surface area contributed by atoms with Gasteiger partial charge in [-0.25, -0.2) is 8.42 Å². The van der Waals surface area contributed by atoms with Crippen LogP contribution in [0, 0.1) is 0 Å². The van der Waals surface area contributed by atoms with Gasteiger partial charge in [0.15, 0.2) is 0 Å². The number of amides is 1. The minimum Gasteiger partial charge on any atom is -0.313 e. The Kier molecular flexibility index (Phi) is 5.37. The van der Waals surface area contributed by atoms with Crippen molar-refractivity contribution in [2.45, 2.75) is 0 Å². The van der Waals surface area contributed by atoms with Gasteiger partial charge in [-0.15, -0.1) is 0 Å². The van der Waals surface area contributed by atoms with E-state index in [0.717, 1.165) is 15.0 Å². The van der Waals surface area contributed by atoms with Gasteiger partial charge in [0.2, 0.25) is 15.9 Å². The number of sulfonamides is 1. The smallest absolute Gasteiger partial charge is 0.242 e. The fraction of sp³-hybridized carbons (Fsp3) is 0.364. The monoisotopic (exact) mass is 368 g/mol. The molecule has 0 saturated heterocycles. The Morgan fingerprint density at radius 3 is 2.42 bits per heavy atom. The molecule has 106 valence electrons. The molecule has 0 aliphatic rings. The lowest BCUT2D eigenvalue weighted by Crippen LogP contribution is -2.39. The summed E-state index contributed by atoms with van der Waals surface area (Å²) < 4.78 is 24.3. The van der Waals surface area contributed by atoms with E-state index in [-0.39, 0.29) is 12.5 Å². The Balaban J connectivity index is 2.88. The normalized spacial score (nSPS) is 11.7. The van der Waals surface area contributed by atoms with Crippen LogP contribution in [0.25, 0.3) is 0 Å². The molecule has 19 heavy (non-hydrogen) atoms. The first-order valence-electron chi connectivity index (χ1n) is 5.26. The molecular formula is C11H14BrClN2O3S. The van der Waals surface area contributed by atoms with Crippen LogP contribution in [0.1, 0.15) is 0 Å². The van der Waals surface area contributed by atoms with Crippen LogP contribution in [0.4, 0.5) is 5.69 Å². The van der Waals surface area contributed by atoms with Gasteiger partial charge in [-0.1, -0.05) is 27.5 Å². The molecule has 0 bridgehead atoms. The molecule has 0 fully saturated rings. The molecular weight excluding hydrogens is 356 g/mol. The van der Waals surface area contributed by atoms with Gasteiger partial charge >= 0.3 is 0 Å². The van der Waals surface area contributed by atoms with Crippen molar-refractivity contribution in [3.63, 3.8) is 0 Å². The molecule has 0 aromatic heterocycles. The molecule has 5 nitrogen and oxygen atoms in total. The predicted molar refractivity (Wildman–Crippen MR) is 80.0 cm³/mol.